The van der Waals surface area contributed by atoms with E-state index >= 15 is 0 Å². The van der Waals surface area contributed by atoms with Gasteiger partial charge in [0, 0.05) is 11.1 Å². The second-order valence-electron chi connectivity index (χ2n) is 7.85. The number of rotatable bonds is 7. The molecule has 0 saturated carbocycles. The van der Waals surface area contributed by atoms with Gasteiger partial charge >= 0.3 is 0 Å². The van der Waals surface area contributed by atoms with Crippen molar-refractivity contribution in [2.45, 2.75) is 118 Å². The van der Waals surface area contributed by atoms with Gasteiger partial charge in [-0.2, -0.15) is 0 Å². The quantitative estimate of drug-likeness (QED) is 0.596. The first-order chi connectivity index (χ1) is 8.91. The van der Waals surface area contributed by atoms with Crippen molar-refractivity contribution in [3.05, 3.63) is 0 Å². The van der Waals surface area contributed by atoms with Gasteiger partial charge in [0.15, 0.2) is 0 Å². The zero-order valence-electron chi connectivity index (χ0n) is 15.8. The summed E-state index contributed by atoms with van der Waals surface area (Å²) in [5.41, 5.74) is 10.7. The van der Waals surface area contributed by atoms with E-state index in [0.29, 0.717) is 0 Å². The molecule has 0 rings (SSSR count). The van der Waals surface area contributed by atoms with Crippen LogP contribution in [0, 0.1) is 0 Å². The summed E-state index contributed by atoms with van der Waals surface area (Å²) >= 11 is 0. The van der Waals surface area contributed by atoms with E-state index in [1.165, 1.54) is 51.4 Å². The van der Waals surface area contributed by atoms with Crippen LogP contribution >= 0.6 is 0 Å². The Bertz CT molecular complexity index is 131. The third kappa shape index (κ3) is 107. The molecule has 0 spiro atoms. The first kappa shape index (κ1) is 24.9. The van der Waals surface area contributed by atoms with Crippen molar-refractivity contribution in [1.29, 1.82) is 0 Å². The Morgan fingerprint density at radius 1 is 0.500 bits per heavy atom. The molecule has 20 heavy (non-hydrogen) atoms. The lowest BCUT2D eigenvalue weighted by molar-refractivity contribution is 0.579. The normalized spacial score (nSPS) is 11.1. The molecule has 0 amide bonds. The summed E-state index contributed by atoms with van der Waals surface area (Å²) in [6, 6.07) is 0. The summed E-state index contributed by atoms with van der Waals surface area (Å²) in [5.74, 6) is 0. The lowest BCUT2D eigenvalue weighted by atomic mass is 10.1. The Balaban J connectivity index is -0.000000244. The van der Waals surface area contributed by atoms with Crippen LogP contribution in [0.15, 0.2) is 0 Å². The molecule has 0 heterocycles. The van der Waals surface area contributed by atoms with Crippen LogP contribution in [0.3, 0.4) is 0 Å². The molecule has 0 aliphatic heterocycles. The monoisotopic (exact) mass is 288 g/mol. The fourth-order valence-electron chi connectivity index (χ4n) is 1.21. The van der Waals surface area contributed by atoms with Crippen molar-refractivity contribution in [1.82, 2.24) is 0 Å². The van der Waals surface area contributed by atoms with E-state index < -0.39 is 0 Å². The van der Waals surface area contributed by atoms with Crippen LogP contribution < -0.4 is 11.5 Å². The van der Waals surface area contributed by atoms with Gasteiger partial charge in [-0.3, -0.25) is 0 Å². The van der Waals surface area contributed by atoms with E-state index in [-0.39, 0.29) is 11.1 Å². The molecule has 0 saturated heterocycles. The highest BCUT2D eigenvalue weighted by Crippen LogP contribution is 2.07. The van der Waals surface area contributed by atoms with Gasteiger partial charge in [0.1, 0.15) is 0 Å². The third-order valence-electron chi connectivity index (χ3n) is 1.96. The number of hydrogen-bond donors (Lipinski definition) is 2. The SMILES string of the molecule is CC(C)(C)N.CC(C)(C)N.CCCCCCCCCC. The molecule has 0 aliphatic carbocycles. The standard InChI is InChI=1S/C10H22.2C4H11N/c1-3-5-7-9-10-8-6-4-2;2*1-4(2,3)5/h3-10H2,1-2H3;2*5H2,1-3H3. The van der Waals surface area contributed by atoms with Gasteiger partial charge in [-0.05, 0) is 41.5 Å². The van der Waals surface area contributed by atoms with Crippen molar-refractivity contribution in [3.8, 4) is 0 Å². The summed E-state index contributed by atoms with van der Waals surface area (Å²) in [6.07, 6.45) is 11.5. The van der Waals surface area contributed by atoms with Crippen molar-refractivity contribution < 1.29 is 0 Å². The van der Waals surface area contributed by atoms with Gasteiger partial charge < -0.3 is 11.5 Å². The smallest absolute Gasteiger partial charge is 0.00686 e. The molecule has 126 valence electrons. The van der Waals surface area contributed by atoms with Gasteiger partial charge in [0.2, 0.25) is 0 Å². The van der Waals surface area contributed by atoms with Crippen LogP contribution in [0.2, 0.25) is 0 Å². The Kier molecular flexibility index (Phi) is 19.1. The van der Waals surface area contributed by atoms with Crippen LogP contribution in [-0.2, 0) is 0 Å². The zero-order valence-corrected chi connectivity index (χ0v) is 15.8. The van der Waals surface area contributed by atoms with Gasteiger partial charge in [0.25, 0.3) is 0 Å². The Morgan fingerprint density at radius 2 is 0.650 bits per heavy atom. The predicted molar refractivity (Wildman–Crippen MR) is 96.2 cm³/mol. The molecular formula is C18H44N2. The van der Waals surface area contributed by atoms with E-state index in [2.05, 4.69) is 13.8 Å². The van der Waals surface area contributed by atoms with E-state index in [4.69, 9.17) is 11.5 Å². The molecule has 0 unspecified atom stereocenters. The fourth-order valence-corrected chi connectivity index (χ4v) is 1.21. The molecule has 0 fully saturated rings. The van der Waals surface area contributed by atoms with E-state index in [9.17, 15) is 0 Å². The van der Waals surface area contributed by atoms with E-state index in [1.807, 2.05) is 41.5 Å². The second-order valence-corrected chi connectivity index (χ2v) is 7.85. The Morgan fingerprint density at radius 3 is 0.800 bits per heavy atom. The molecule has 0 radical (unpaired) electrons. The lowest BCUT2D eigenvalue weighted by Crippen LogP contribution is -2.26. The molecule has 0 bridgehead atoms. The minimum Gasteiger partial charge on any atom is -0.326 e. The average Bonchev–Trinajstić information content (AvgIpc) is 2.18. The van der Waals surface area contributed by atoms with Crippen LogP contribution in [0.5, 0.6) is 0 Å². The van der Waals surface area contributed by atoms with Gasteiger partial charge in [-0.15, -0.1) is 0 Å². The highest BCUT2D eigenvalue weighted by molar-refractivity contribution is 4.60. The summed E-state index contributed by atoms with van der Waals surface area (Å²) in [7, 11) is 0. The first-order valence-electron chi connectivity index (χ1n) is 8.49. The summed E-state index contributed by atoms with van der Waals surface area (Å²) < 4.78 is 0. The molecule has 4 N–H and O–H groups in total. The number of unbranched alkanes of at least 4 members (excludes halogenated alkanes) is 7. The Hall–Kier alpha value is -0.0800. The fraction of sp³-hybridized carbons (Fsp3) is 1.00. The van der Waals surface area contributed by atoms with Crippen molar-refractivity contribution in [2.24, 2.45) is 11.5 Å². The largest absolute Gasteiger partial charge is 0.326 e. The molecule has 0 aromatic heterocycles. The maximum atomic E-state index is 5.35. The van der Waals surface area contributed by atoms with Crippen molar-refractivity contribution in [2.75, 3.05) is 0 Å². The molecule has 0 aliphatic rings. The second kappa shape index (κ2) is 15.3. The molecular weight excluding hydrogens is 244 g/mol. The summed E-state index contributed by atoms with van der Waals surface area (Å²) in [6.45, 7) is 16.3. The molecule has 2 heteroatoms. The summed E-state index contributed by atoms with van der Waals surface area (Å²) in [4.78, 5) is 0. The minimum absolute atomic E-state index is 0. The lowest BCUT2D eigenvalue weighted by Gasteiger charge is -2.06. The van der Waals surface area contributed by atoms with E-state index in [0.717, 1.165) is 0 Å². The van der Waals surface area contributed by atoms with Crippen LogP contribution in [-0.4, -0.2) is 11.1 Å². The Labute approximate surface area is 130 Å². The maximum absolute atomic E-state index is 5.35. The van der Waals surface area contributed by atoms with Crippen LogP contribution in [0.1, 0.15) is 107 Å². The van der Waals surface area contributed by atoms with Crippen molar-refractivity contribution in [3.63, 3.8) is 0 Å². The molecule has 0 atom stereocenters. The van der Waals surface area contributed by atoms with E-state index in [1.54, 1.807) is 0 Å². The average molecular weight is 289 g/mol. The highest BCUT2D eigenvalue weighted by atomic mass is 14.7. The van der Waals surface area contributed by atoms with Crippen LogP contribution in [0.25, 0.3) is 0 Å². The van der Waals surface area contributed by atoms with Crippen LogP contribution in [0.4, 0.5) is 0 Å². The molecule has 2 nitrogen and oxygen atoms in total. The van der Waals surface area contributed by atoms with Gasteiger partial charge in [0.05, 0.1) is 0 Å². The topological polar surface area (TPSA) is 52.0 Å². The van der Waals surface area contributed by atoms with Crippen molar-refractivity contribution >= 4 is 0 Å². The predicted octanol–water partition coefficient (Wildman–Crippen LogP) is 5.63. The summed E-state index contributed by atoms with van der Waals surface area (Å²) in [5, 5.41) is 0. The highest BCUT2D eigenvalue weighted by Gasteiger charge is 1.96. The minimum atomic E-state index is 0. The van der Waals surface area contributed by atoms with Gasteiger partial charge in [-0.25, -0.2) is 0 Å². The molecule has 0 aromatic carbocycles. The number of hydrogen-bond acceptors (Lipinski definition) is 2. The van der Waals surface area contributed by atoms with Gasteiger partial charge in [-0.1, -0.05) is 65.2 Å². The zero-order chi connectivity index (χ0) is 16.7. The molecule has 0 aromatic rings. The number of nitrogens with two attached hydrogens (primary N) is 2. The first-order valence-corrected chi connectivity index (χ1v) is 8.49. The third-order valence-corrected chi connectivity index (χ3v) is 1.96. The maximum Gasteiger partial charge on any atom is 0.00686 e.